The highest BCUT2D eigenvalue weighted by Crippen LogP contribution is 2.27. The molecule has 2 nitrogen and oxygen atoms in total. The van der Waals surface area contributed by atoms with Crippen LogP contribution in [-0.4, -0.2) is 25.8 Å². The van der Waals surface area contributed by atoms with Gasteiger partial charge in [0, 0.05) is 19.2 Å². The molecule has 0 bridgehead atoms. The van der Waals surface area contributed by atoms with Crippen LogP contribution in [0.15, 0.2) is 0 Å². The summed E-state index contributed by atoms with van der Waals surface area (Å²) in [6.45, 7) is 7.65. The van der Waals surface area contributed by atoms with Crippen LogP contribution in [0.1, 0.15) is 33.6 Å². The van der Waals surface area contributed by atoms with E-state index in [0.29, 0.717) is 12.0 Å². The molecule has 78 valence electrons. The summed E-state index contributed by atoms with van der Waals surface area (Å²) in [6.07, 6.45) is 2.68. The van der Waals surface area contributed by atoms with Crippen LogP contribution < -0.4 is 5.32 Å². The first kappa shape index (κ1) is 11.0. The lowest BCUT2D eigenvalue weighted by Gasteiger charge is -2.37. The number of hydrogen-bond acceptors (Lipinski definition) is 2. The predicted octanol–water partition coefficient (Wildman–Crippen LogP) is 2.05. The maximum atomic E-state index is 5.20. The predicted molar refractivity (Wildman–Crippen MR) is 55.8 cm³/mol. The van der Waals surface area contributed by atoms with Gasteiger partial charge in [-0.3, -0.25) is 0 Å². The average molecular weight is 185 g/mol. The molecule has 1 fully saturated rings. The van der Waals surface area contributed by atoms with E-state index in [1.165, 1.54) is 12.8 Å². The monoisotopic (exact) mass is 185 g/mol. The molecule has 1 rings (SSSR count). The van der Waals surface area contributed by atoms with Gasteiger partial charge in [-0.15, -0.1) is 0 Å². The van der Waals surface area contributed by atoms with Crippen molar-refractivity contribution in [1.29, 1.82) is 0 Å². The third kappa shape index (κ3) is 3.28. The molecule has 0 spiro atoms. The average Bonchev–Trinajstić information content (AvgIpc) is 2.00. The topological polar surface area (TPSA) is 21.3 Å². The highest BCUT2D eigenvalue weighted by Gasteiger charge is 2.27. The van der Waals surface area contributed by atoms with Crippen molar-refractivity contribution in [2.24, 2.45) is 11.8 Å². The lowest BCUT2D eigenvalue weighted by atomic mass is 9.81. The van der Waals surface area contributed by atoms with Gasteiger partial charge in [0.05, 0.1) is 6.61 Å². The standard InChI is InChI=1S/C11H23NO/c1-8(2)11(7-13-4)12-10-5-9(3)6-10/h8-12H,5-7H2,1-4H3. The molecule has 0 amide bonds. The van der Waals surface area contributed by atoms with Crippen LogP contribution in [0.5, 0.6) is 0 Å². The Morgan fingerprint density at radius 2 is 2.00 bits per heavy atom. The Morgan fingerprint density at radius 3 is 2.38 bits per heavy atom. The minimum absolute atomic E-state index is 0.530. The molecule has 13 heavy (non-hydrogen) atoms. The Bertz CT molecular complexity index is 141. The Morgan fingerprint density at radius 1 is 1.38 bits per heavy atom. The molecule has 1 aliphatic rings. The fourth-order valence-electron chi connectivity index (χ4n) is 1.95. The van der Waals surface area contributed by atoms with E-state index in [-0.39, 0.29) is 0 Å². The number of ether oxygens (including phenoxy) is 1. The first-order valence-electron chi connectivity index (χ1n) is 5.38. The molecule has 1 N–H and O–H groups in total. The molecule has 0 aromatic rings. The summed E-state index contributed by atoms with van der Waals surface area (Å²) >= 11 is 0. The minimum Gasteiger partial charge on any atom is -0.383 e. The van der Waals surface area contributed by atoms with Crippen molar-refractivity contribution in [2.45, 2.75) is 45.7 Å². The Kier molecular flexibility index (Phi) is 4.20. The molecule has 2 heteroatoms. The molecule has 1 unspecified atom stereocenters. The van der Waals surface area contributed by atoms with Crippen molar-refractivity contribution >= 4 is 0 Å². The van der Waals surface area contributed by atoms with Crippen LogP contribution >= 0.6 is 0 Å². The van der Waals surface area contributed by atoms with Crippen molar-refractivity contribution in [1.82, 2.24) is 5.32 Å². The summed E-state index contributed by atoms with van der Waals surface area (Å²) in [5, 5.41) is 3.66. The summed E-state index contributed by atoms with van der Waals surface area (Å²) in [6, 6.07) is 1.28. The lowest BCUT2D eigenvalue weighted by molar-refractivity contribution is 0.119. The van der Waals surface area contributed by atoms with Gasteiger partial charge in [0.25, 0.3) is 0 Å². The first-order valence-corrected chi connectivity index (χ1v) is 5.38. The van der Waals surface area contributed by atoms with Crippen LogP contribution in [0.4, 0.5) is 0 Å². The fourth-order valence-corrected chi connectivity index (χ4v) is 1.95. The summed E-state index contributed by atoms with van der Waals surface area (Å²) in [5.74, 6) is 1.59. The van der Waals surface area contributed by atoms with Crippen molar-refractivity contribution in [3.05, 3.63) is 0 Å². The highest BCUT2D eigenvalue weighted by molar-refractivity contribution is 4.86. The van der Waals surface area contributed by atoms with Gasteiger partial charge in [0.1, 0.15) is 0 Å². The Labute approximate surface area is 82.0 Å². The Hall–Kier alpha value is -0.0800. The van der Waals surface area contributed by atoms with Crippen molar-refractivity contribution in [2.75, 3.05) is 13.7 Å². The minimum atomic E-state index is 0.530. The quantitative estimate of drug-likeness (QED) is 0.708. The van der Waals surface area contributed by atoms with Crippen LogP contribution in [0, 0.1) is 11.8 Å². The molecule has 1 aliphatic carbocycles. The van der Waals surface area contributed by atoms with Gasteiger partial charge < -0.3 is 10.1 Å². The van der Waals surface area contributed by atoms with Crippen molar-refractivity contribution in [3.63, 3.8) is 0 Å². The molecule has 0 heterocycles. The van der Waals surface area contributed by atoms with Crippen molar-refractivity contribution < 1.29 is 4.74 Å². The summed E-state index contributed by atoms with van der Waals surface area (Å²) in [5.41, 5.74) is 0. The molecular weight excluding hydrogens is 162 g/mol. The molecular formula is C11H23NO. The van der Waals surface area contributed by atoms with E-state index >= 15 is 0 Å². The molecule has 0 saturated heterocycles. The second kappa shape index (κ2) is 4.97. The fraction of sp³-hybridized carbons (Fsp3) is 1.00. The van der Waals surface area contributed by atoms with Crippen molar-refractivity contribution in [3.8, 4) is 0 Å². The van der Waals surface area contributed by atoms with Gasteiger partial charge in [-0.2, -0.15) is 0 Å². The van der Waals surface area contributed by atoms with Crippen LogP contribution in [0.3, 0.4) is 0 Å². The number of rotatable bonds is 5. The molecule has 0 aromatic heterocycles. The zero-order valence-electron chi connectivity index (χ0n) is 9.34. The number of methoxy groups -OCH3 is 1. The number of nitrogens with one attached hydrogen (secondary N) is 1. The van der Waals surface area contributed by atoms with E-state index in [1.807, 2.05) is 0 Å². The molecule has 0 radical (unpaired) electrons. The zero-order chi connectivity index (χ0) is 9.84. The third-order valence-corrected chi connectivity index (χ3v) is 2.97. The van der Waals surface area contributed by atoms with Gasteiger partial charge in [-0.05, 0) is 24.7 Å². The zero-order valence-corrected chi connectivity index (χ0v) is 9.34. The SMILES string of the molecule is COCC(NC1CC(C)C1)C(C)C. The second-order valence-corrected chi connectivity index (χ2v) is 4.75. The maximum Gasteiger partial charge on any atom is 0.0618 e. The van der Waals surface area contributed by atoms with Crippen LogP contribution in [-0.2, 0) is 4.74 Å². The summed E-state index contributed by atoms with van der Waals surface area (Å²) in [4.78, 5) is 0. The first-order chi connectivity index (χ1) is 6.13. The third-order valence-electron chi connectivity index (χ3n) is 2.97. The number of hydrogen-bond donors (Lipinski definition) is 1. The van der Waals surface area contributed by atoms with E-state index < -0.39 is 0 Å². The maximum absolute atomic E-state index is 5.20. The van der Waals surface area contributed by atoms with Gasteiger partial charge in [-0.1, -0.05) is 20.8 Å². The molecule has 0 aromatic carbocycles. The molecule has 0 aliphatic heterocycles. The van der Waals surface area contributed by atoms with Gasteiger partial charge in [0.2, 0.25) is 0 Å². The summed E-state index contributed by atoms with van der Waals surface area (Å²) < 4.78 is 5.20. The van der Waals surface area contributed by atoms with Crippen LogP contribution in [0.2, 0.25) is 0 Å². The largest absolute Gasteiger partial charge is 0.383 e. The van der Waals surface area contributed by atoms with E-state index in [0.717, 1.165) is 18.6 Å². The normalized spacial score (nSPS) is 30.2. The Balaban J connectivity index is 2.22. The van der Waals surface area contributed by atoms with Gasteiger partial charge in [0.15, 0.2) is 0 Å². The van der Waals surface area contributed by atoms with E-state index in [9.17, 15) is 0 Å². The van der Waals surface area contributed by atoms with E-state index in [2.05, 4.69) is 26.1 Å². The van der Waals surface area contributed by atoms with E-state index in [1.54, 1.807) is 7.11 Å². The second-order valence-electron chi connectivity index (χ2n) is 4.75. The lowest BCUT2D eigenvalue weighted by Crippen LogP contribution is -2.49. The molecule has 1 atom stereocenters. The molecule has 1 saturated carbocycles. The summed E-state index contributed by atoms with van der Waals surface area (Å²) in [7, 11) is 1.78. The smallest absolute Gasteiger partial charge is 0.0618 e. The van der Waals surface area contributed by atoms with Gasteiger partial charge >= 0.3 is 0 Å². The van der Waals surface area contributed by atoms with Gasteiger partial charge in [-0.25, -0.2) is 0 Å². The van der Waals surface area contributed by atoms with E-state index in [4.69, 9.17) is 4.74 Å². The van der Waals surface area contributed by atoms with Crippen LogP contribution in [0.25, 0.3) is 0 Å². The highest BCUT2D eigenvalue weighted by atomic mass is 16.5.